The molecule has 0 spiro atoms. The van der Waals surface area contributed by atoms with E-state index in [9.17, 15) is 4.79 Å². The zero-order valence-corrected chi connectivity index (χ0v) is 9.66. The maximum Gasteiger partial charge on any atom is 0.227 e. The van der Waals surface area contributed by atoms with Gasteiger partial charge in [0.1, 0.15) is 6.33 Å². The summed E-state index contributed by atoms with van der Waals surface area (Å²) in [5.41, 5.74) is 0.138. The predicted octanol–water partition coefficient (Wildman–Crippen LogP) is 1.82. The van der Waals surface area contributed by atoms with E-state index in [0.29, 0.717) is 18.3 Å². The van der Waals surface area contributed by atoms with E-state index in [2.05, 4.69) is 48.2 Å². The van der Waals surface area contributed by atoms with Crippen LogP contribution >= 0.6 is 0 Å². The molecule has 2 N–H and O–H groups in total. The van der Waals surface area contributed by atoms with Gasteiger partial charge in [0.25, 0.3) is 0 Å². The lowest BCUT2D eigenvalue weighted by Crippen LogP contribution is -2.24. The summed E-state index contributed by atoms with van der Waals surface area (Å²) < 4.78 is 0. The number of rotatable bonds is 3. The number of nitrogens with one attached hydrogen (secondary N) is 2. The fraction of sp³-hybridized carbons (Fsp3) is 0.700. The first kappa shape index (κ1) is 11.7. The number of carbonyl (C=O) groups excluding carboxylic acids is 1. The molecule has 0 saturated carbocycles. The zero-order valence-electron chi connectivity index (χ0n) is 9.66. The summed E-state index contributed by atoms with van der Waals surface area (Å²) in [4.78, 5) is 15.4. The molecular formula is C10H18N4O. The molecule has 84 valence electrons. The summed E-state index contributed by atoms with van der Waals surface area (Å²) in [6.07, 6.45) is 1.85. The van der Waals surface area contributed by atoms with Crippen LogP contribution in [0.1, 0.15) is 34.1 Å². The number of nitrogens with zero attached hydrogens (tertiary/aromatic N) is 2. The minimum Gasteiger partial charge on any atom is -0.295 e. The lowest BCUT2D eigenvalue weighted by atomic mass is 9.80. The Bertz CT molecular complexity index is 313. The van der Waals surface area contributed by atoms with Gasteiger partial charge in [0.2, 0.25) is 11.9 Å². The second kappa shape index (κ2) is 4.42. The molecule has 0 aliphatic rings. The number of aromatic amines is 1. The van der Waals surface area contributed by atoms with Crippen molar-refractivity contribution < 1.29 is 4.79 Å². The Morgan fingerprint density at radius 2 is 2.27 bits per heavy atom. The van der Waals surface area contributed by atoms with Crippen LogP contribution in [0.15, 0.2) is 6.33 Å². The number of hydrogen-bond donors (Lipinski definition) is 2. The first-order chi connectivity index (χ1) is 6.89. The Morgan fingerprint density at radius 1 is 1.60 bits per heavy atom. The lowest BCUT2D eigenvalue weighted by Gasteiger charge is -2.26. The minimum absolute atomic E-state index is 0.0332. The number of carbonyl (C=O) groups is 1. The van der Waals surface area contributed by atoms with Gasteiger partial charge in [-0.05, 0) is 11.3 Å². The van der Waals surface area contributed by atoms with Gasteiger partial charge in [0, 0.05) is 6.42 Å². The van der Waals surface area contributed by atoms with E-state index in [-0.39, 0.29) is 11.3 Å². The second-order valence-corrected chi connectivity index (χ2v) is 4.85. The van der Waals surface area contributed by atoms with Crippen LogP contribution < -0.4 is 5.32 Å². The molecule has 1 amide bonds. The maximum absolute atomic E-state index is 11.6. The van der Waals surface area contributed by atoms with Crippen molar-refractivity contribution in [2.24, 2.45) is 11.3 Å². The fourth-order valence-electron chi connectivity index (χ4n) is 1.03. The van der Waals surface area contributed by atoms with Crippen molar-refractivity contribution in [3.05, 3.63) is 6.33 Å². The summed E-state index contributed by atoms with van der Waals surface area (Å²) in [5.74, 6) is 0.690. The van der Waals surface area contributed by atoms with Crippen molar-refractivity contribution in [2.45, 2.75) is 34.1 Å². The fourth-order valence-corrected chi connectivity index (χ4v) is 1.03. The number of hydrogen-bond acceptors (Lipinski definition) is 3. The van der Waals surface area contributed by atoms with Crippen LogP contribution in [0.4, 0.5) is 5.95 Å². The van der Waals surface area contributed by atoms with E-state index >= 15 is 0 Å². The molecule has 1 unspecified atom stereocenters. The summed E-state index contributed by atoms with van der Waals surface area (Å²) in [5, 5.41) is 8.90. The van der Waals surface area contributed by atoms with Crippen molar-refractivity contribution in [1.29, 1.82) is 0 Å². The normalized spacial score (nSPS) is 13.6. The van der Waals surface area contributed by atoms with Gasteiger partial charge in [-0.2, -0.15) is 10.1 Å². The van der Waals surface area contributed by atoms with Gasteiger partial charge in [-0.1, -0.05) is 27.7 Å². The standard InChI is InChI=1S/C10H18N4O/c1-7(10(2,3)4)5-8(15)13-9-11-6-12-14-9/h6-7H,5H2,1-4H3,(H2,11,12,13,14,15). The highest BCUT2D eigenvalue weighted by molar-refractivity contribution is 5.88. The third-order valence-electron chi connectivity index (χ3n) is 2.64. The first-order valence-corrected chi connectivity index (χ1v) is 5.05. The number of amides is 1. The number of H-pyrrole nitrogens is 1. The third kappa shape index (κ3) is 3.69. The number of anilines is 1. The minimum atomic E-state index is -0.0332. The highest BCUT2D eigenvalue weighted by atomic mass is 16.1. The molecule has 1 aromatic rings. The summed E-state index contributed by atoms with van der Waals surface area (Å²) in [6.45, 7) is 8.44. The zero-order chi connectivity index (χ0) is 11.5. The molecule has 0 aromatic carbocycles. The molecule has 1 rings (SSSR count). The van der Waals surface area contributed by atoms with Crippen molar-refractivity contribution in [1.82, 2.24) is 15.2 Å². The molecule has 5 heteroatoms. The Hall–Kier alpha value is -1.39. The van der Waals surface area contributed by atoms with Crippen molar-refractivity contribution >= 4 is 11.9 Å². The van der Waals surface area contributed by atoms with Crippen LogP contribution in [-0.4, -0.2) is 21.1 Å². The van der Waals surface area contributed by atoms with Gasteiger partial charge in [0.15, 0.2) is 0 Å². The molecule has 5 nitrogen and oxygen atoms in total. The third-order valence-corrected chi connectivity index (χ3v) is 2.64. The van der Waals surface area contributed by atoms with Crippen LogP contribution in [0.5, 0.6) is 0 Å². The molecular weight excluding hydrogens is 192 g/mol. The van der Waals surface area contributed by atoms with Crippen LogP contribution in [0.25, 0.3) is 0 Å². The van der Waals surface area contributed by atoms with Crippen LogP contribution in [0, 0.1) is 11.3 Å². The molecule has 1 atom stereocenters. The maximum atomic E-state index is 11.6. The van der Waals surface area contributed by atoms with Crippen molar-refractivity contribution in [2.75, 3.05) is 5.32 Å². The smallest absolute Gasteiger partial charge is 0.227 e. The van der Waals surface area contributed by atoms with E-state index in [1.807, 2.05) is 0 Å². The highest BCUT2D eigenvalue weighted by Gasteiger charge is 2.22. The Balaban J connectivity index is 2.43. The summed E-state index contributed by atoms with van der Waals surface area (Å²) in [6, 6.07) is 0. The monoisotopic (exact) mass is 210 g/mol. The first-order valence-electron chi connectivity index (χ1n) is 5.05. The molecule has 0 radical (unpaired) electrons. The van der Waals surface area contributed by atoms with Crippen LogP contribution in [0.2, 0.25) is 0 Å². The van der Waals surface area contributed by atoms with Gasteiger partial charge in [0.05, 0.1) is 0 Å². The van der Waals surface area contributed by atoms with Crippen LogP contribution in [-0.2, 0) is 4.79 Å². The average Bonchev–Trinajstić information content (AvgIpc) is 2.54. The van der Waals surface area contributed by atoms with Crippen molar-refractivity contribution in [3.8, 4) is 0 Å². The van der Waals surface area contributed by atoms with Gasteiger partial charge in [-0.3, -0.25) is 10.1 Å². The molecule has 15 heavy (non-hydrogen) atoms. The quantitative estimate of drug-likeness (QED) is 0.799. The summed E-state index contributed by atoms with van der Waals surface area (Å²) >= 11 is 0. The van der Waals surface area contributed by atoms with E-state index in [1.54, 1.807) is 0 Å². The molecule has 0 fully saturated rings. The SMILES string of the molecule is CC(CC(=O)Nc1ncn[nH]1)C(C)(C)C. The average molecular weight is 210 g/mol. The molecule has 1 aromatic heterocycles. The van der Waals surface area contributed by atoms with Crippen LogP contribution in [0.3, 0.4) is 0 Å². The molecule has 0 bridgehead atoms. The molecule has 1 heterocycles. The predicted molar refractivity (Wildman–Crippen MR) is 58.2 cm³/mol. The van der Waals surface area contributed by atoms with Gasteiger partial charge in [-0.25, -0.2) is 5.10 Å². The van der Waals surface area contributed by atoms with E-state index in [1.165, 1.54) is 6.33 Å². The van der Waals surface area contributed by atoms with E-state index < -0.39 is 0 Å². The van der Waals surface area contributed by atoms with Gasteiger partial charge < -0.3 is 0 Å². The summed E-state index contributed by atoms with van der Waals surface area (Å²) in [7, 11) is 0. The lowest BCUT2D eigenvalue weighted by molar-refractivity contribution is -0.117. The second-order valence-electron chi connectivity index (χ2n) is 4.85. The Morgan fingerprint density at radius 3 is 2.73 bits per heavy atom. The molecule has 0 aliphatic heterocycles. The van der Waals surface area contributed by atoms with Gasteiger partial charge in [-0.15, -0.1) is 0 Å². The van der Waals surface area contributed by atoms with E-state index in [4.69, 9.17) is 0 Å². The largest absolute Gasteiger partial charge is 0.295 e. The Kier molecular flexibility index (Phi) is 3.44. The van der Waals surface area contributed by atoms with Gasteiger partial charge >= 0.3 is 0 Å². The van der Waals surface area contributed by atoms with Crippen molar-refractivity contribution in [3.63, 3.8) is 0 Å². The van der Waals surface area contributed by atoms with E-state index in [0.717, 1.165) is 0 Å². The number of aromatic nitrogens is 3. The highest BCUT2D eigenvalue weighted by Crippen LogP contribution is 2.27. The molecule has 0 aliphatic carbocycles. The topological polar surface area (TPSA) is 70.7 Å². The molecule has 0 saturated heterocycles. The Labute approximate surface area is 89.7 Å².